The minimum atomic E-state index is 0.848. The van der Waals surface area contributed by atoms with E-state index in [0.29, 0.717) is 0 Å². The SMILES string of the molecule is c1ccc(-c2cc(-c3ccc4ccc5cccc6ccc3c4c56)cc(-c3ccc(-n4c5ccccc5c5ncccc54)cc3)n2)nc1. The van der Waals surface area contributed by atoms with Crippen molar-refractivity contribution in [1.29, 1.82) is 0 Å². The molecule has 0 saturated heterocycles. The molecule has 0 radical (unpaired) electrons. The van der Waals surface area contributed by atoms with Gasteiger partial charge in [0.15, 0.2) is 0 Å². The molecule has 0 N–H and O–H groups in total. The fraction of sp³-hybridized carbons (Fsp3) is 0. The van der Waals surface area contributed by atoms with Crippen LogP contribution in [-0.4, -0.2) is 19.5 Å². The smallest absolute Gasteiger partial charge is 0.0963 e. The van der Waals surface area contributed by atoms with Gasteiger partial charge in [0, 0.05) is 29.0 Å². The molecule has 0 unspecified atom stereocenters. The maximum absolute atomic E-state index is 5.17. The first-order chi connectivity index (χ1) is 23.3. The van der Waals surface area contributed by atoms with Gasteiger partial charge in [-0.25, -0.2) is 4.98 Å². The van der Waals surface area contributed by atoms with Gasteiger partial charge in [-0.1, -0.05) is 91.0 Å². The summed E-state index contributed by atoms with van der Waals surface area (Å²) in [7, 11) is 0. The van der Waals surface area contributed by atoms with Gasteiger partial charge in [0.2, 0.25) is 0 Å². The van der Waals surface area contributed by atoms with Gasteiger partial charge in [-0.3, -0.25) is 9.97 Å². The molecule has 6 aromatic carbocycles. The highest BCUT2D eigenvalue weighted by atomic mass is 15.0. The number of nitrogens with zero attached hydrogens (tertiary/aromatic N) is 4. The molecule has 218 valence electrons. The van der Waals surface area contributed by atoms with Crippen LogP contribution in [0.2, 0.25) is 0 Å². The minimum absolute atomic E-state index is 0.848. The lowest BCUT2D eigenvalue weighted by Gasteiger charge is -2.16. The van der Waals surface area contributed by atoms with Gasteiger partial charge >= 0.3 is 0 Å². The molecule has 0 aliphatic rings. The third-order valence-corrected chi connectivity index (χ3v) is 9.44. The number of aromatic nitrogens is 4. The van der Waals surface area contributed by atoms with Crippen molar-refractivity contribution >= 4 is 54.3 Å². The summed E-state index contributed by atoms with van der Waals surface area (Å²) < 4.78 is 2.29. The fourth-order valence-electron chi connectivity index (χ4n) is 7.31. The summed E-state index contributed by atoms with van der Waals surface area (Å²) in [4.78, 5) is 14.6. The molecule has 0 saturated carbocycles. The Balaban J connectivity index is 1.16. The van der Waals surface area contributed by atoms with Gasteiger partial charge in [0.1, 0.15) is 0 Å². The molecule has 0 atom stereocenters. The highest BCUT2D eigenvalue weighted by molar-refractivity contribution is 6.25. The predicted octanol–water partition coefficient (Wildman–Crippen LogP) is 10.9. The summed E-state index contributed by atoms with van der Waals surface area (Å²) in [5.41, 5.74) is 10.3. The molecule has 0 fully saturated rings. The molecular formula is C43H26N4. The highest BCUT2D eigenvalue weighted by Gasteiger charge is 2.16. The topological polar surface area (TPSA) is 43.6 Å². The zero-order valence-electron chi connectivity index (χ0n) is 25.3. The van der Waals surface area contributed by atoms with E-state index in [-0.39, 0.29) is 0 Å². The van der Waals surface area contributed by atoms with Gasteiger partial charge in [-0.15, -0.1) is 0 Å². The van der Waals surface area contributed by atoms with E-state index in [1.54, 1.807) is 0 Å². The largest absolute Gasteiger partial charge is 0.308 e. The number of para-hydroxylation sites is 1. The van der Waals surface area contributed by atoms with Crippen LogP contribution in [0.4, 0.5) is 0 Å². The summed E-state index contributed by atoms with van der Waals surface area (Å²) in [6.07, 6.45) is 3.69. The summed E-state index contributed by atoms with van der Waals surface area (Å²) in [5.74, 6) is 0. The molecule has 10 rings (SSSR count). The van der Waals surface area contributed by atoms with Gasteiger partial charge in [0.25, 0.3) is 0 Å². The highest BCUT2D eigenvalue weighted by Crippen LogP contribution is 2.41. The lowest BCUT2D eigenvalue weighted by Crippen LogP contribution is -1.96. The number of pyridine rings is 3. The van der Waals surface area contributed by atoms with Crippen molar-refractivity contribution in [3.63, 3.8) is 0 Å². The molecule has 4 heteroatoms. The van der Waals surface area contributed by atoms with E-state index in [2.05, 4.69) is 131 Å². The molecule has 0 aliphatic carbocycles. The molecular weight excluding hydrogens is 573 g/mol. The number of fused-ring (bicyclic) bond motifs is 3. The molecule has 10 aromatic rings. The zero-order chi connectivity index (χ0) is 30.9. The standard InChI is InChI=1S/C43H26N4/c1-2-11-39-35(9-1)43-40(12-6-24-45-43)47(39)32-19-15-27(16-20-32)37-25-31(26-38(46-37)36-10-3-4-23-44-36)33-21-17-30-14-13-28-7-5-8-29-18-22-34(33)42(30)41(28)29/h1-26H. The third-order valence-electron chi connectivity index (χ3n) is 9.44. The van der Waals surface area contributed by atoms with E-state index in [0.717, 1.165) is 55.8 Å². The van der Waals surface area contributed by atoms with Crippen molar-refractivity contribution < 1.29 is 0 Å². The van der Waals surface area contributed by atoms with Crippen LogP contribution in [-0.2, 0) is 0 Å². The fourth-order valence-corrected chi connectivity index (χ4v) is 7.31. The van der Waals surface area contributed by atoms with Crippen molar-refractivity contribution in [1.82, 2.24) is 19.5 Å². The Morgan fingerprint density at radius 2 is 1.15 bits per heavy atom. The molecule has 4 heterocycles. The molecule has 0 bridgehead atoms. The van der Waals surface area contributed by atoms with E-state index in [1.165, 1.54) is 37.9 Å². The van der Waals surface area contributed by atoms with Crippen molar-refractivity contribution in [3.8, 4) is 39.5 Å². The predicted molar refractivity (Wildman–Crippen MR) is 194 cm³/mol. The van der Waals surface area contributed by atoms with Gasteiger partial charge in [-0.2, -0.15) is 0 Å². The Kier molecular flexibility index (Phi) is 5.54. The molecule has 0 aliphatic heterocycles. The molecule has 0 amide bonds. The monoisotopic (exact) mass is 598 g/mol. The molecule has 4 aromatic heterocycles. The lowest BCUT2D eigenvalue weighted by atomic mass is 9.89. The van der Waals surface area contributed by atoms with E-state index in [4.69, 9.17) is 9.97 Å². The van der Waals surface area contributed by atoms with Crippen molar-refractivity contribution in [2.75, 3.05) is 0 Å². The maximum Gasteiger partial charge on any atom is 0.0963 e. The van der Waals surface area contributed by atoms with Crippen LogP contribution in [0.3, 0.4) is 0 Å². The average Bonchev–Trinajstić information content (AvgIpc) is 3.48. The second-order valence-corrected chi connectivity index (χ2v) is 12.1. The Morgan fingerprint density at radius 1 is 0.426 bits per heavy atom. The summed E-state index contributed by atoms with van der Waals surface area (Å²) in [6.45, 7) is 0. The number of benzene rings is 6. The molecule has 47 heavy (non-hydrogen) atoms. The van der Waals surface area contributed by atoms with E-state index in [1.807, 2.05) is 36.7 Å². The lowest BCUT2D eigenvalue weighted by molar-refractivity contribution is 1.17. The number of hydrogen-bond donors (Lipinski definition) is 0. The first-order valence-electron chi connectivity index (χ1n) is 15.9. The van der Waals surface area contributed by atoms with Crippen LogP contribution in [0, 0.1) is 0 Å². The summed E-state index contributed by atoms with van der Waals surface area (Å²) in [6, 6.07) is 51.7. The van der Waals surface area contributed by atoms with Crippen molar-refractivity contribution in [3.05, 3.63) is 158 Å². The third kappa shape index (κ3) is 3.98. The normalized spacial score (nSPS) is 11.8. The van der Waals surface area contributed by atoms with Crippen molar-refractivity contribution in [2.24, 2.45) is 0 Å². The van der Waals surface area contributed by atoms with Gasteiger partial charge in [-0.05, 0) is 98.0 Å². The van der Waals surface area contributed by atoms with E-state index >= 15 is 0 Å². The first-order valence-corrected chi connectivity index (χ1v) is 15.9. The van der Waals surface area contributed by atoms with Crippen LogP contribution in [0.25, 0.3) is 93.7 Å². The number of hydrogen-bond acceptors (Lipinski definition) is 3. The average molecular weight is 599 g/mol. The van der Waals surface area contributed by atoms with Gasteiger partial charge < -0.3 is 4.57 Å². The van der Waals surface area contributed by atoms with Crippen molar-refractivity contribution in [2.45, 2.75) is 0 Å². The Morgan fingerprint density at radius 3 is 2.00 bits per heavy atom. The Bertz CT molecular complexity index is 2710. The van der Waals surface area contributed by atoms with Crippen LogP contribution in [0.1, 0.15) is 0 Å². The number of rotatable bonds is 4. The summed E-state index contributed by atoms with van der Waals surface area (Å²) in [5, 5.41) is 8.80. The summed E-state index contributed by atoms with van der Waals surface area (Å²) >= 11 is 0. The second kappa shape index (κ2) is 10.1. The quantitative estimate of drug-likeness (QED) is 0.189. The maximum atomic E-state index is 5.17. The van der Waals surface area contributed by atoms with Gasteiger partial charge in [0.05, 0.1) is 33.6 Å². The van der Waals surface area contributed by atoms with E-state index < -0.39 is 0 Å². The minimum Gasteiger partial charge on any atom is -0.308 e. The Hall–Kier alpha value is -6.39. The van der Waals surface area contributed by atoms with Crippen LogP contribution >= 0.6 is 0 Å². The Labute approximate surface area is 270 Å². The molecule has 4 nitrogen and oxygen atoms in total. The van der Waals surface area contributed by atoms with E-state index in [9.17, 15) is 0 Å². The van der Waals surface area contributed by atoms with Crippen LogP contribution < -0.4 is 0 Å². The molecule has 0 spiro atoms. The van der Waals surface area contributed by atoms with Crippen LogP contribution in [0.15, 0.2) is 158 Å². The zero-order valence-corrected chi connectivity index (χ0v) is 25.3. The first kappa shape index (κ1) is 25.9. The second-order valence-electron chi connectivity index (χ2n) is 12.1. The van der Waals surface area contributed by atoms with Crippen LogP contribution in [0.5, 0.6) is 0 Å².